The molecule has 0 saturated carbocycles. The summed E-state index contributed by atoms with van der Waals surface area (Å²) in [6.45, 7) is 5.93. The van der Waals surface area contributed by atoms with Crippen molar-refractivity contribution < 1.29 is 9.13 Å². The van der Waals surface area contributed by atoms with E-state index < -0.39 is 0 Å². The molecule has 0 atom stereocenters. The Bertz CT molecular complexity index is 369. The van der Waals surface area contributed by atoms with Crippen molar-refractivity contribution in [1.82, 2.24) is 5.32 Å². The lowest BCUT2D eigenvalue weighted by atomic mass is 10.1. The van der Waals surface area contributed by atoms with E-state index >= 15 is 0 Å². The van der Waals surface area contributed by atoms with Gasteiger partial charge in [-0.25, -0.2) is 4.39 Å². The third kappa shape index (κ3) is 4.27. The second kappa shape index (κ2) is 7.34. The molecule has 0 amide bonds. The van der Waals surface area contributed by atoms with Crippen LogP contribution in [0.15, 0.2) is 18.2 Å². The molecule has 1 aromatic rings. The van der Waals surface area contributed by atoms with Crippen molar-refractivity contribution in [2.24, 2.45) is 0 Å². The average molecular weight is 254 g/mol. The summed E-state index contributed by atoms with van der Waals surface area (Å²) in [5, 5.41) is 3.00. The Morgan fingerprint density at radius 3 is 2.72 bits per heavy atom. The van der Waals surface area contributed by atoms with Gasteiger partial charge in [-0.15, -0.1) is 0 Å². The predicted octanol–water partition coefficient (Wildman–Crippen LogP) is 2.41. The molecule has 102 valence electrons. The maximum atomic E-state index is 13.7. The molecule has 0 bridgehead atoms. The van der Waals surface area contributed by atoms with Crippen LogP contribution in [0.3, 0.4) is 0 Å². The Labute approximate surface area is 109 Å². The second-order valence-corrected chi connectivity index (χ2v) is 4.61. The van der Waals surface area contributed by atoms with Gasteiger partial charge in [-0.05, 0) is 33.0 Å². The fourth-order valence-corrected chi connectivity index (χ4v) is 1.80. The molecule has 3 nitrogen and oxygen atoms in total. The van der Waals surface area contributed by atoms with Crippen LogP contribution in [0.4, 0.5) is 10.1 Å². The fraction of sp³-hybridized carbons (Fsp3) is 0.571. The van der Waals surface area contributed by atoms with Gasteiger partial charge in [-0.3, -0.25) is 0 Å². The number of hydrogen-bond donors (Lipinski definition) is 1. The van der Waals surface area contributed by atoms with Crippen LogP contribution >= 0.6 is 0 Å². The Kier molecular flexibility index (Phi) is 6.09. The van der Waals surface area contributed by atoms with Crippen molar-refractivity contribution in [2.75, 3.05) is 32.1 Å². The quantitative estimate of drug-likeness (QED) is 0.808. The summed E-state index contributed by atoms with van der Waals surface area (Å²) in [5.41, 5.74) is 1.61. The van der Waals surface area contributed by atoms with E-state index in [2.05, 4.69) is 5.32 Å². The highest BCUT2D eigenvalue weighted by molar-refractivity contribution is 5.53. The monoisotopic (exact) mass is 254 g/mol. The van der Waals surface area contributed by atoms with Crippen molar-refractivity contribution in [1.29, 1.82) is 0 Å². The van der Waals surface area contributed by atoms with E-state index in [1.807, 2.05) is 38.9 Å². The average Bonchev–Trinajstić information content (AvgIpc) is 2.31. The lowest BCUT2D eigenvalue weighted by Gasteiger charge is -2.23. The Morgan fingerprint density at radius 2 is 2.11 bits per heavy atom. The number of benzene rings is 1. The molecule has 1 rings (SSSR count). The lowest BCUT2D eigenvalue weighted by Crippen LogP contribution is -2.26. The van der Waals surface area contributed by atoms with Gasteiger partial charge in [-0.2, -0.15) is 0 Å². The fourth-order valence-electron chi connectivity index (χ4n) is 1.80. The topological polar surface area (TPSA) is 24.5 Å². The summed E-state index contributed by atoms with van der Waals surface area (Å²) in [6.07, 6.45) is 0.225. The molecule has 0 spiro atoms. The first-order chi connectivity index (χ1) is 8.56. The normalized spacial score (nSPS) is 11.0. The predicted molar refractivity (Wildman–Crippen MR) is 73.5 cm³/mol. The van der Waals surface area contributed by atoms with E-state index in [9.17, 15) is 4.39 Å². The van der Waals surface area contributed by atoms with E-state index in [0.717, 1.165) is 12.2 Å². The van der Waals surface area contributed by atoms with Crippen LogP contribution in [0.1, 0.15) is 19.4 Å². The van der Waals surface area contributed by atoms with Crippen LogP contribution in [0.25, 0.3) is 0 Å². The summed E-state index contributed by atoms with van der Waals surface area (Å²) >= 11 is 0. The molecule has 0 aliphatic heterocycles. The van der Waals surface area contributed by atoms with Gasteiger partial charge in [0, 0.05) is 31.4 Å². The number of likely N-dealkylation sites (N-methyl/N-ethyl adjacent to an activating group) is 1. The van der Waals surface area contributed by atoms with E-state index in [0.29, 0.717) is 18.7 Å². The third-order valence-electron chi connectivity index (χ3n) is 2.74. The van der Waals surface area contributed by atoms with Crippen LogP contribution in [0, 0.1) is 5.82 Å². The third-order valence-corrected chi connectivity index (χ3v) is 2.74. The highest BCUT2D eigenvalue weighted by Crippen LogP contribution is 2.22. The van der Waals surface area contributed by atoms with Gasteiger partial charge < -0.3 is 15.0 Å². The largest absolute Gasteiger partial charge is 0.377 e. The van der Waals surface area contributed by atoms with Gasteiger partial charge in [0.2, 0.25) is 0 Å². The van der Waals surface area contributed by atoms with Crippen LogP contribution in [0.5, 0.6) is 0 Å². The summed E-state index contributed by atoms with van der Waals surface area (Å²) in [6, 6.07) is 5.17. The molecule has 0 aromatic heterocycles. The number of rotatable bonds is 7. The van der Waals surface area contributed by atoms with E-state index in [4.69, 9.17) is 4.74 Å². The summed E-state index contributed by atoms with van der Waals surface area (Å²) in [7, 11) is 3.77. The minimum Gasteiger partial charge on any atom is -0.377 e. The number of anilines is 1. The molecule has 4 heteroatoms. The highest BCUT2D eigenvalue weighted by Gasteiger charge is 2.11. The number of ether oxygens (including phenoxy) is 1. The zero-order valence-corrected chi connectivity index (χ0v) is 11.7. The van der Waals surface area contributed by atoms with E-state index in [1.165, 1.54) is 6.07 Å². The molecule has 1 aromatic carbocycles. The summed E-state index contributed by atoms with van der Waals surface area (Å²) in [4.78, 5) is 2.03. The van der Waals surface area contributed by atoms with Crippen LogP contribution in [-0.4, -0.2) is 33.4 Å². The molecule has 0 heterocycles. The molecular weight excluding hydrogens is 231 g/mol. The van der Waals surface area contributed by atoms with Crippen LogP contribution in [-0.2, 0) is 11.3 Å². The number of nitrogens with zero attached hydrogens (tertiary/aromatic N) is 1. The maximum Gasteiger partial charge on any atom is 0.129 e. The van der Waals surface area contributed by atoms with Gasteiger partial charge in [0.15, 0.2) is 0 Å². The molecule has 0 saturated heterocycles. The Morgan fingerprint density at radius 1 is 1.39 bits per heavy atom. The zero-order chi connectivity index (χ0) is 13.5. The minimum atomic E-state index is -0.168. The first-order valence-electron chi connectivity index (χ1n) is 6.31. The van der Waals surface area contributed by atoms with Gasteiger partial charge in [0.05, 0.1) is 12.7 Å². The zero-order valence-electron chi connectivity index (χ0n) is 11.7. The molecule has 0 fully saturated rings. The molecule has 18 heavy (non-hydrogen) atoms. The van der Waals surface area contributed by atoms with Gasteiger partial charge >= 0.3 is 0 Å². The molecule has 0 aliphatic carbocycles. The standard InChI is InChI=1S/C14H23FN2O/c1-11(2)18-9-8-17(4)14-7-5-6-13(15)12(14)10-16-3/h5-7,11,16H,8-10H2,1-4H3. The first kappa shape index (κ1) is 14.9. The second-order valence-electron chi connectivity index (χ2n) is 4.61. The van der Waals surface area contributed by atoms with Crippen molar-refractivity contribution >= 4 is 5.69 Å². The van der Waals surface area contributed by atoms with Crippen molar-refractivity contribution in [3.8, 4) is 0 Å². The SMILES string of the molecule is CNCc1c(F)cccc1N(C)CCOC(C)C. The molecule has 0 aliphatic rings. The highest BCUT2D eigenvalue weighted by atomic mass is 19.1. The van der Waals surface area contributed by atoms with Gasteiger partial charge in [0.25, 0.3) is 0 Å². The maximum absolute atomic E-state index is 13.7. The minimum absolute atomic E-state index is 0.168. The lowest BCUT2D eigenvalue weighted by molar-refractivity contribution is 0.0846. The molecule has 0 unspecified atom stereocenters. The van der Waals surface area contributed by atoms with Gasteiger partial charge in [0.1, 0.15) is 5.82 Å². The molecule has 1 N–H and O–H groups in total. The smallest absolute Gasteiger partial charge is 0.129 e. The Balaban J connectivity index is 2.71. The number of halogens is 1. The van der Waals surface area contributed by atoms with E-state index in [-0.39, 0.29) is 11.9 Å². The van der Waals surface area contributed by atoms with Crippen molar-refractivity contribution in [3.05, 3.63) is 29.6 Å². The number of nitrogens with one attached hydrogen (secondary N) is 1. The van der Waals surface area contributed by atoms with Crippen LogP contribution in [0.2, 0.25) is 0 Å². The summed E-state index contributed by atoms with van der Waals surface area (Å²) in [5.74, 6) is -0.168. The van der Waals surface area contributed by atoms with Crippen LogP contribution < -0.4 is 10.2 Å². The summed E-state index contributed by atoms with van der Waals surface area (Å²) < 4.78 is 19.3. The van der Waals surface area contributed by atoms with Crippen molar-refractivity contribution in [3.63, 3.8) is 0 Å². The molecular formula is C14H23FN2O. The van der Waals surface area contributed by atoms with Gasteiger partial charge in [-0.1, -0.05) is 6.07 Å². The van der Waals surface area contributed by atoms with Crippen molar-refractivity contribution in [2.45, 2.75) is 26.5 Å². The molecule has 0 radical (unpaired) electrons. The first-order valence-corrected chi connectivity index (χ1v) is 6.31. The van der Waals surface area contributed by atoms with E-state index in [1.54, 1.807) is 6.07 Å². The number of hydrogen-bond acceptors (Lipinski definition) is 3. The Hall–Kier alpha value is -1.13.